The predicted molar refractivity (Wildman–Crippen MR) is 81.4 cm³/mol. The summed E-state index contributed by atoms with van der Waals surface area (Å²) in [6, 6.07) is 8.39. The summed E-state index contributed by atoms with van der Waals surface area (Å²) >= 11 is 0. The number of rotatable bonds is 5. The van der Waals surface area contributed by atoms with E-state index in [0.29, 0.717) is 6.54 Å². The molecule has 2 rings (SSSR count). The van der Waals surface area contributed by atoms with Crippen molar-refractivity contribution in [2.24, 2.45) is 5.73 Å². The second-order valence-electron chi connectivity index (χ2n) is 5.70. The van der Waals surface area contributed by atoms with Gasteiger partial charge in [-0.05, 0) is 45.3 Å². The van der Waals surface area contributed by atoms with Gasteiger partial charge in [-0.15, -0.1) is 0 Å². The molecule has 4 heteroatoms. The van der Waals surface area contributed by atoms with E-state index in [9.17, 15) is 4.79 Å². The molecule has 4 nitrogen and oxygen atoms in total. The van der Waals surface area contributed by atoms with Crippen LogP contribution in [-0.2, 0) is 4.79 Å². The highest BCUT2D eigenvalue weighted by Gasteiger charge is 2.24. The molecule has 0 spiro atoms. The maximum atomic E-state index is 11.7. The molecule has 1 amide bonds. The molecule has 0 aliphatic carbocycles. The summed E-state index contributed by atoms with van der Waals surface area (Å²) in [5.74, 6) is -0.0821. The number of carbonyl (C=O) groups is 1. The summed E-state index contributed by atoms with van der Waals surface area (Å²) in [7, 11) is 0. The first-order chi connectivity index (χ1) is 9.58. The van der Waals surface area contributed by atoms with Gasteiger partial charge in [0, 0.05) is 6.54 Å². The number of amides is 1. The van der Waals surface area contributed by atoms with Crippen LogP contribution in [0.5, 0.6) is 0 Å². The highest BCUT2D eigenvalue weighted by Crippen LogP contribution is 2.24. The summed E-state index contributed by atoms with van der Waals surface area (Å²) in [5, 5.41) is 2.97. The molecule has 1 aromatic carbocycles. The van der Waals surface area contributed by atoms with Crippen LogP contribution in [0.2, 0.25) is 0 Å². The molecule has 1 aliphatic heterocycles. The molecule has 1 saturated heterocycles. The monoisotopic (exact) mass is 275 g/mol. The normalized spacial score (nSPS) is 18.8. The Hall–Kier alpha value is -1.39. The van der Waals surface area contributed by atoms with Gasteiger partial charge < -0.3 is 11.1 Å². The summed E-state index contributed by atoms with van der Waals surface area (Å²) in [6.07, 6.45) is 2.48. The smallest absolute Gasteiger partial charge is 0.236 e. The van der Waals surface area contributed by atoms with E-state index in [1.54, 1.807) is 6.92 Å². The molecule has 0 bridgehead atoms. The van der Waals surface area contributed by atoms with Gasteiger partial charge in [0.1, 0.15) is 0 Å². The number of nitrogens with two attached hydrogens (primary N) is 1. The Bertz CT molecular complexity index is 436. The molecule has 1 fully saturated rings. The number of nitrogens with one attached hydrogen (secondary N) is 1. The minimum atomic E-state index is -0.452. The Morgan fingerprint density at radius 2 is 1.90 bits per heavy atom. The zero-order valence-electron chi connectivity index (χ0n) is 12.4. The van der Waals surface area contributed by atoms with Crippen LogP contribution in [-0.4, -0.2) is 36.5 Å². The maximum Gasteiger partial charge on any atom is 0.236 e. The fraction of sp³-hybridized carbons (Fsp3) is 0.562. The highest BCUT2D eigenvalue weighted by atomic mass is 16.2. The van der Waals surface area contributed by atoms with Crippen molar-refractivity contribution >= 4 is 5.91 Å². The number of benzene rings is 1. The van der Waals surface area contributed by atoms with Crippen molar-refractivity contribution in [1.29, 1.82) is 0 Å². The lowest BCUT2D eigenvalue weighted by Gasteiger charge is -2.28. The quantitative estimate of drug-likeness (QED) is 0.858. The van der Waals surface area contributed by atoms with Gasteiger partial charge in [0.05, 0.1) is 12.1 Å². The lowest BCUT2D eigenvalue weighted by molar-refractivity contribution is -0.122. The van der Waals surface area contributed by atoms with E-state index in [-0.39, 0.29) is 11.9 Å². The molecule has 20 heavy (non-hydrogen) atoms. The van der Waals surface area contributed by atoms with Crippen LogP contribution < -0.4 is 11.1 Å². The molecule has 0 aromatic heterocycles. The second-order valence-corrected chi connectivity index (χ2v) is 5.70. The Morgan fingerprint density at radius 3 is 2.45 bits per heavy atom. The first-order valence-electron chi connectivity index (χ1n) is 7.42. The topological polar surface area (TPSA) is 58.4 Å². The molecular weight excluding hydrogens is 250 g/mol. The molecule has 1 aliphatic rings. The zero-order chi connectivity index (χ0) is 14.5. The van der Waals surface area contributed by atoms with E-state index in [4.69, 9.17) is 5.73 Å². The summed E-state index contributed by atoms with van der Waals surface area (Å²) in [5.41, 5.74) is 8.13. The van der Waals surface area contributed by atoms with Gasteiger partial charge in [-0.1, -0.05) is 29.8 Å². The number of nitrogens with zero attached hydrogens (tertiary/aromatic N) is 1. The van der Waals surface area contributed by atoms with Crippen molar-refractivity contribution in [3.05, 3.63) is 35.4 Å². The van der Waals surface area contributed by atoms with E-state index < -0.39 is 6.04 Å². The van der Waals surface area contributed by atoms with Gasteiger partial charge in [-0.2, -0.15) is 0 Å². The van der Waals surface area contributed by atoms with Crippen molar-refractivity contribution in [3.8, 4) is 0 Å². The number of hydrogen-bond donors (Lipinski definition) is 2. The second kappa shape index (κ2) is 6.86. The number of likely N-dealkylation sites (tertiary alicyclic amines) is 1. The van der Waals surface area contributed by atoms with Crippen molar-refractivity contribution in [3.63, 3.8) is 0 Å². The summed E-state index contributed by atoms with van der Waals surface area (Å²) in [4.78, 5) is 14.1. The fourth-order valence-corrected chi connectivity index (χ4v) is 2.66. The average Bonchev–Trinajstić information content (AvgIpc) is 2.94. The minimum Gasteiger partial charge on any atom is -0.353 e. The third-order valence-electron chi connectivity index (χ3n) is 3.93. The third kappa shape index (κ3) is 3.81. The van der Waals surface area contributed by atoms with Crippen LogP contribution in [0.15, 0.2) is 24.3 Å². The van der Waals surface area contributed by atoms with E-state index in [0.717, 1.165) is 13.1 Å². The van der Waals surface area contributed by atoms with Crippen LogP contribution in [0.1, 0.15) is 36.9 Å². The molecule has 0 radical (unpaired) electrons. The third-order valence-corrected chi connectivity index (χ3v) is 3.93. The van der Waals surface area contributed by atoms with Gasteiger partial charge in [0.15, 0.2) is 0 Å². The van der Waals surface area contributed by atoms with Crippen molar-refractivity contribution in [1.82, 2.24) is 10.2 Å². The van der Waals surface area contributed by atoms with Gasteiger partial charge in [0.25, 0.3) is 0 Å². The maximum absolute atomic E-state index is 11.7. The highest BCUT2D eigenvalue weighted by molar-refractivity contribution is 5.80. The Morgan fingerprint density at radius 1 is 1.30 bits per heavy atom. The lowest BCUT2D eigenvalue weighted by atomic mass is 10.0. The first-order valence-corrected chi connectivity index (χ1v) is 7.42. The van der Waals surface area contributed by atoms with Gasteiger partial charge in [-0.3, -0.25) is 9.69 Å². The Labute approximate surface area is 121 Å². The molecule has 3 N–H and O–H groups in total. The van der Waals surface area contributed by atoms with Crippen LogP contribution in [0, 0.1) is 6.92 Å². The predicted octanol–water partition coefficient (Wildman–Crippen LogP) is 1.60. The summed E-state index contributed by atoms with van der Waals surface area (Å²) < 4.78 is 0. The Balaban J connectivity index is 2.08. The molecule has 2 atom stereocenters. The summed E-state index contributed by atoms with van der Waals surface area (Å²) in [6.45, 7) is 6.64. The molecule has 1 aromatic rings. The number of aryl methyl sites for hydroxylation is 1. The number of hydrogen-bond acceptors (Lipinski definition) is 3. The number of carbonyl (C=O) groups excluding carboxylic acids is 1. The van der Waals surface area contributed by atoms with Crippen molar-refractivity contribution in [2.45, 2.75) is 38.8 Å². The minimum absolute atomic E-state index is 0.0821. The SMILES string of the molecule is Cc1ccc(C(CNC(=O)[C@@H](C)N)N2CCCC2)cc1. The first kappa shape index (κ1) is 15.0. The average molecular weight is 275 g/mol. The van der Waals surface area contributed by atoms with Crippen LogP contribution in [0.25, 0.3) is 0 Å². The fourth-order valence-electron chi connectivity index (χ4n) is 2.66. The van der Waals surface area contributed by atoms with Crippen molar-refractivity contribution in [2.75, 3.05) is 19.6 Å². The molecule has 0 saturated carbocycles. The van der Waals surface area contributed by atoms with Crippen LogP contribution in [0.3, 0.4) is 0 Å². The standard InChI is InChI=1S/C16H25N3O/c1-12-5-7-14(8-6-12)15(19-9-3-4-10-19)11-18-16(20)13(2)17/h5-8,13,15H,3-4,9-11,17H2,1-2H3,(H,18,20)/t13-,15?/m1/s1. The van der Waals surface area contributed by atoms with E-state index in [2.05, 4.69) is 41.4 Å². The van der Waals surface area contributed by atoms with E-state index in [1.807, 2.05) is 0 Å². The molecule has 1 unspecified atom stereocenters. The zero-order valence-corrected chi connectivity index (χ0v) is 12.4. The van der Waals surface area contributed by atoms with Gasteiger partial charge in [-0.25, -0.2) is 0 Å². The molecule has 1 heterocycles. The van der Waals surface area contributed by atoms with Gasteiger partial charge in [0.2, 0.25) is 5.91 Å². The molecular formula is C16H25N3O. The molecule has 110 valence electrons. The van der Waals surface area contributed by atoms with Crippen molar-refractivity contribution < 1.29 is 4.79 Å². The lowest BCUT2D eigenvalue weighted by Crippen LogP contribution is -2.43. The van der Waals surface area contributed by atoms with E-state index in [1.165, 1.54) is 24.0 Å². The van der Waals surface area contributed by atoms with Crippen LogP contribution in [0.4, 0.5) is 0 Å². The van der Waals surface area contributed by atoms with E-state index >= 15 is 0 Å². The Kier molecular flexibility index (Phi) is 5.15. The van der Waals surface area contributed by atoms with Gasteiger partial charge >= 0.3 is 0 Å². The van der Waals surface area contributed by atoms with Crippen LogP contribution >= 0.6 is 0 Å². The largest absolute Gasteiger partial charge is 0.353 e.